The molecule has 0 aliphatic heterocycles. The number of anilines is 2. The van der Waals surface area contributed by atoms with Crippen molar-refractivity contribution in [3.63, 3.8) is 0 Å². The van der Waals surface area contributed by atoms with Crippen molar-refractivity contribution in [2.75, 3.05) is 30.2 Å². The van der Waals surface area contributed by atoms with Crippen molar-refractivity contribution < 1.29 is 22.7 Å². The Hall–Kier alpha value is -2.46. The quantitative estimate of drug-likeness (QED) is 0.470. The first-order valence-electron chi connectivity index (χ1n) is 9.17. The van der Waals surface area contributed by atoms with Crippen LogP contribution in [0.15, 0.2) is 51.8 Å². The maximum absolute atomic E-state index is 12.8. The summed E-state index contributed by atoms with van der Waals surface area (Å²) in [5.41, 5.74) is 0.532. The second-order valence-corrected chi connectivity index (χ2v) is 9.90. The Morgan fingerprint density at radius 2 is 1.77 bits per heavy atom. The van der Waals surface area contributed by atoms with Gasteiger partial charge in [0.2, 0.25) is 0 Å². The zero-order valence-corrected chi connectivity index (χ0v) is 19.7. The number of benzene rings is 2. The van der Waals surface area contributed by atoms with Crippen LogP contribution in [0.1, 0.15) is 20.8 Å². The van der Waals surface area contributed by atoms with Crippen molar-refractivity contribution in [3.05, 3.63) is 46.9 Å². The van der Waals surface area contributed by atoms with E-state index >= 15 is 0 Å². The van der Waals surface area contributed by atoms with E-state index in [0.717, 1.165) is 0 Å². The van der Waals surface area contributed by atoms with Crippen LogP contribution in [-0.4, -0.2) is 40.3 Å². The zero-order valence-electron chi connectivity index (χ0n) is 17.3. The highest BCUT2D eigenvalue weighted by molar-refractivity contribution is 9.10. The number of carbonyl (C=O) groups excluding carboxylic acids is 1. The summed E-state index contributed by atoms with van der Waals surface area (Å²) in [5, 5.41) is 5.77. The minimum atomic E-state index is -3.86. The number of alkyl carbamates (subject to hydrolysis) is 1. The van der Waals surface area contributed by atoms with Gasteiger partial charge in [-0.15, -0.1) is 0 Å². The highest BCUT2D eigenvalue weighted by Gasteiger charge is 2.20. The molecule has 0 saturated heterocycles. The predicted octanol–water partition coefficient (Wildman–Crippen LogP) is 4.20. The fraction of sp³-hybridized carbons (Fsp3) is 0.350. The molecule has 0 radical (unpaired) electrons. The molecule has 0 bridgehead atoms. The summed E-state index contributed by atoms with van der Waals surface area (Å²) in [4.78, 5) is 11.7. The Labute approximate surface area is 185 Å². The van der Waals surface area contributed by atoms with Crippen molar-refractivity contribution in [1.29, 1.82) is 0 Å². The molecule has 0 spiro atoms. The molecule has 10 heteroatoms. The van der Waals surface area contributed by atoms with Crippen molar-refractivity contribution in [1.82, 2.24) is 5.32 Å². The standard InChI is InChI=1S/C20H26BrN3O5S/c1-20(2,3)29-19(25)23-11-10-22-15-6-5-7-16(13-15)24-30(26,27)18-12-14(21)8-9-17(18)28-4/h5-9,12-13,22,24H,10-11H2,1-4H3,(H,23,25). The van der Waals surface area contributed by atoms with Gasteiger partial charge in [-0.2, -0.15) is 0 Å². The van der Waals surface area contributed by atoms with Gasteiger partial charge in [-0.25, -0.2) is 13.2 Å². The third-order valence-corrected chi connectivity index (χ3v) is 5.55. The molecular weight excluding hydrogens is 474 g/mol. The summed E-state index contributed by atoms with van der Waals surface area (Å²) in [5.74, 6) is 0.244. The van der Waals surface area contributed by atoms with Gasteiger partial charge in [0.25, 0.3) is 10.0 Å². The minimum absolute atomic E-state index is 0.0271. The summed E-state index contributed by atoms with van der Waals surface area (Å²) in [6.07, 6.45) is -0.492. The summed E-state index contributed by atoms with van der Waals surface area (Å²) < 4.78 is 39.1. The fourth-order valence-corrected chi connectivity index (χ4v) is 4.21. The molecule has 0 unspecified atom stereocenters. The number of amides is 1. The van der Waals surface area contributed by atoms with Crippen LogP contribution in [0.3, 0.4) is 0 Å². The molecule has 0 heterocycles. The Morgan fingerprint density at radius 1 is 1.07 bits per heavy atom. The molecular formula is C20H26BrN3O5S. The molecule has 3 N–H and O–H groups in total. The molecule has 0 aromatic heterocycles. The lowest BCUT2D eigenvalue weighted by Gasteiger charge is -2.19. The number of methoxy groups -OCH3 is 1. The van der Waals surface area contributed by atoms with Gasteiger partial charge >= 0.3 is 6.09 Å². The van der Waals surface area contributed by atoms with Gasteiger partial charge in [-0.05, 0) is 57.2 Å². The highest BCUT2D eigenvalue weighted by Crippen LogP contribution is 2.29. The topological polar surface area (TPSA) is 106 Å². The lowest BCUT2D eigenvalue weighted by molar-refractivity contribution is 0.0530. The van der Waals surface area contributed by atoms with Crippen molar-refractivity contribution >= 4 is 43.4 Å². The van der Waals surface area contributed by atoms with Gasteiger partial charge in [-0.1, -0.05) is 22.0 Å². The summed E-state index contributed by atoms with van der Waals surface area (Å²) in [7, 11) is -2.44. The summed E-state index contributed by atoms with van der Waals surface area (Å²) in [6.45, 7) is 6.17. The lowest BCUT2D eigenvalue weighted by atomic mass is 10.2. The number of nitrogens with one attached hydrogen (secondary N) is 3. The average molecular weight is 500 g/mol. The Balaban J connectivity index is 1.99. The molecule has 1 amide bonds. The number of sulfonamides is 1. The smallest absolute Gasteiger partial charge is 0.407 e. The third kappa shape index (κ3) is 7.42. The van der Waals surface area contributed by atoms with E-state index in [0.29, 0.717) is 28.9 Å². The SMILES string of the molecule is COc1ccc(Br)cc1S(=O)(=O)Nc1cccc(NCCNC(=O)OC(C)(C)C)c1. The van der Waals surface area contributed by atoms with E-state index in [9.17, 15) is 13.2 Å². The molecule has 0 aliphatic carbocycles. The second-order valence-electron chi connectivity index (χ2n) is 7.34. The van der Waals surface area contributed by atoms with Crippen LogP contribution in [0.5, 0.6) is 5.75 Å². The van der Waals surface area contributed by atoms with Crippen LogP contribution >= 0.6 is 15.9 Å². The Kier molecular flexibility index (Phi) is 7.96. The summed E-state index contributed by atoms with van der Waals surface area (Å²) >= 11 is 3.28. The van der Waals surface area contributed by atoms with Crippen LogP contribution < -0.4 is 20.1 Å². The number of ether oxygens (including phenoxy) is 2. The summed E-state index contributed by atoms with van der Waals surface area (Å²) in [6, 6.07) is 11.6. The molecule has 2 aromatic carbocycles. The minimum Gasteiger partial charge on any atom is -0.495 e. The van der Waals surface area contributed by atoms with Gasteiger partial charge in [0, 0.05) is 23.2 Å². The first-order chi connectivity index (χ1) is 14.0. The van der Waals surface area contributed by atoms with E-state index in [1.165, 1.54) is 13.2 Å². The second kappa shape index (κ2) is 10.0. The van der Waals surface area contributed by atoms with Crippen LogP contribution in [0.25, 0.3) is 0 Å². The van der Waals surface area contributed by atoms with E-state index < -0.39 is 21.7 Å². The Bertz CT molecular complexity index is 990. The molecule has 30 heavy (non-hydrogen) atoms. The molecule has 0 atom stereocenters. The van der Waals surface area contributed by atoms with Crippen molar-refractivity contribution in [2.45, 2.75) is 31.3 Å². The maximum atomic E-state index is 12.8. The predicted molar refractivity (Wildman–Crippen MR) is 121 cm³/mol. The zero-order chi connectivity index (χ0) is 22.4. The number of carbonyl (C=O) groups is 1. The van der Waals surface area contributed by atoms with Gasteiger partial charge in [0.05, 0.1) is 12.8 Å². The molecule has 8 nitrogen and oxygen atoms in total. The molecule has 0 saturated carbocycles. The van der Waals surface area contributed by atoms with Crippen molar-refractivity contribution in [2.24, 2.45) is 0 Å². The van der Waals surface area contributed by atoms with E-state index in [-0.39, 0.29) is 10.6 Å². The number of hydrogen-bond donors (Lipinski definition) is 3. The molecule has 0 aliphatic rings. The molecule has 0 fully saturated rings. The van der Waals surface area contributed by atoms with Crippen LogP contribution in [0.4, 0.5) is 16.2 Å². The average Bonchev–Trinajstić information content (AvgIpc) is 2.64. The lowest BCUT2D eigenvalue weighted by Crippen LogP contribution is -2.34. The molecule has 2 rings (SSSR count). The van der Waals surface area contributed by atoms with Crippen molar-refractivity contribution in [3.8, 4) is 5.75 Å². The van der Waals surface area contributed by atoms with Crippen LogP contribution in [0, 0.1) is 0 Å². The highest BCUT2D eigenvalue weighted by atomic mass is 79.9. The van der Waals surface area contributed by atoms with Gasteiger partial charge < -0.3 is 20.1 Å². The molecule has 2 aromatic rings. The number of halogens is 1. The Morgan fingerprint density at radius 3 is 2.43 bits per heavy atom. The number of rotatable bonds is 8. The molecule has 164 valence electrons. The van der Waals surface area contributed by atoms with Crippen LogP contribution in [-0.2, 0) is 14.8 Å². The normalized spacial score (nSPS) is 11.5. The monoisotopic (exact) mass is 499 g/mol. The largest absolute Gasteiger partial charge is 0.495 e. The van der Waals surface area contributed by atoms with Gasteiger partial charge in [0.1, 0.15) is 16.2 Å². The number of hydrogen-bond acceptors (Lipinski definition) is 6. The first kappa shape index (κ1) is 23.8. The van der Waals surface area contributed by atoms with E-state index in [1.807, 2.05) is 0 Å². The van der Waals surface area contributed by atoms with Crippen LogP contribution in [0.2, 0.25) is 0 Å². The first-order valence-corrected chi connectivity index (χ1v) is 11.4. The third-order valence-electron chi connectivity index (χ3n) is 3.65. The van der Waals surface area contributed by atoms with E-state index in [1.54, 1.807) is 57.2 Å². The fourth-order valence-electron chi connectivity index (χ4n) is 2.45. The van der Waals surface area contributed by atoms with Gasteiger partial charge in [-0.3, -0.25) is 4.72 Å². The maximum Gasteiger partial charge on any atom is 0.407 e. The van der Waals surface area contributed by atoms with Gasteiger partial charge in [0.15, 0.2) is 0 Å². The van der Waals surface area contributed by atoms with E-state index in [4.69, 9.17) is 9.47 Å². The van der Waals surface area contributed by atoms with E-state index in [2.05, 4.69) is 31.3 Å².